The van der Waals surface area contributed by atoms with Gasteiger partial charge in [0.2, 0.25) is 5.91 Å². The third-order valence-corrected chi connectivity index (χ3v) is 2.04. The standard InChI is InChI=1S/C9H17N5O/c1-4-11-9(15)7(2)14-6-8(5-10-3)12-13-14/h6-7,10H,4-5H2,1-3H3,(H,11,15). The molecule has 0 saturated carbocycles. The number of nitrogens with one attached hydrogen (secondary N) is 2. The van der Waals surface area contributed by atoms with Crippen LogP contribution in [0.5, 0.6) is 0 Å². The molecule has 1 aromatic heterocycles. The van der Waals surface area contributed by atoms with Gasteiger partial charge in [-0.3, -0.25) is 4.79 Å². The largest absolute Gasteiger partial charge is 0.355 e. The Morgan fingerprint density at radius 1 is 1.67 bits per heavy atom. The smallest absolute Gasteiger partial charge is 0.244 e. The van der Waals surface area contributed by atoms with E-state index in [9.17, 15) is 4.79 Å². The van der Waals surface area contributed by atoms with Crippen LogP contribution in [-0.4, -0.2) is 34.5 Å². The van der Waals surface area contributed by atoms with E-state index in [2.05, 4.69) is 20.9 Å². The summed E-state index contributed by atoms with van der Waals surface area (Å²) in [6.45, 7) is 4.96. The molecular weight excluding hydrogens is 194 g/mol. The highest BCUT2D eigenvalue weighted by atomic mass is 16.2. The summed E-state index contributed by atoms with van der Waals surface area (Å²) in [5, 5.41) is 13.6. The predicted molar refractivity (Wildman–Crippen MR) is 56.2 cm³/mol. The molecule has 0 fully saturated rings. The van der Waals surface area contributed by atoms with Crippen molar-refractivity contribution in [1.82, 2.24) is 25.6 Å². The van der Waals surface area contributed by atoms with Crippen LogP contribution in [-0.2, 0) is 11.3 Å². The van der Waals surface area contributed by atoms with Crippen molar-refractivity contribution in [3.05, 3.63) is 11.9 Å². The van der Waals surface area contributed by atoms with Gasteiger partial charge in [0.1, 0.15) is 6.04 Å². The molecule has 0 spiro atoms. The van der Waals surface area contributed by atoms with E-state index in [1.165, 1.54) is 0 Å². The zero-order chi connectivity index (χ0) is 11.3. The van der Waals surface area contributed by atoms with Crippen molar-refractivity contribution in [2.75, 3.05) is 13.6 Å². The van der Waals surface area contributed by atoms with Gasteiger partial charge >= 0.3 is 0 Å². The Morgan fingerprint density at radius 2 is 2.40 bits per heavy atom. The molecule has 84 valence electrons. The summed E-state index contributed by atoms with van der Waals surface area (Å²) in [5.41, 5.74) is 0.827. The molecule has 1 amide bonds. The second-order valence-electron chi connectivity index (χ2n) is 3.29. The van der Waals surface area contributed by atoms with Gasteiger partial charge in [-0.05, 0) is 20.9 Å². The summed E-state index contributed by atoms with van der Waals surface area (Å²) >= 11 is 0. The maximum absolute atomic E-state index is 11.5. The van der Waals surface area contributed by atoms with E-state index in [0.29, 0.717) is 13.1 Å². The van der Waals surface area contributed by atoms with Crippen molar-refractivity contribution in [1.29, 1.82) is 0 Å². The van der Waals surface area contributed by atoms with E-state index in [4.69, 9.17) is 0 Å². The number of hydrogen-bond donors (Lipinski definition) is 2. The first-order valence-electron chi connectivity index (χ1n) is 5.02. The molecule has 1 rings (SSSR count). The molecule has 2 N–H and O–H groups in total. The van der Waals surface area contributed by atoms with Gasteiger partial charge in [-0.15, -0.1) is 5.10 Å². The number of carbonyl (C=O) groups excluding carboxylic acids is 1. The van der Waals surface area contributed by atoms with Gasteiger partial charge in [-0.25, -0.2) is 4.68 Å². The molecule has 0 saturated heterocycles. The number of aromatic nitrogens is 3. The number of rotatable bonds is 5. The summed E-state index contributed by atoms with van der Waals surface area (Å²) < 4.78 is 1.57. The van der Waals surface area contributed by atoms with Crippen molar-refractivity contribution >= 4 is 5.91 Å². The molecule has 0 aromatic carbocycles. The minimum atomic E-state index is -0.317. The fourth-order valence-electron chi connectivity index (χ4n) is 1.21. The molecular formula is C9H17N5O. The minimum absolute atomic E-state index is 0.0431. The summed E-state index contributed by atoms with van der Waals surface area (Å²) in [5.74, 6) is -0.0431. The van der Waals surface area contributed by atoms with E-state index in [-0.39, 0.29) is 11.9 Å². The normalized spacial score (nSPS) is 12.5. The molecule has 0 aliphatic heterocycles. The lowest BCUT2D eigenvalue weighted by atomic mass is 10.3. The van der Waals surface area contributed by atoms with E-state index in [1.54, 1.807) is 17.8 Å². The van der Waals surface area contributed by atoms with Gasteiger partial charge in [0.05, 0.1) is 11.9 Å². The van der Waals surface area contributed by atoms with Crippen LogP contribution in [0.4, 0.5) is 0 Å². The number of carbonyl (C=O) groups is 1. The van der Waals surface area contributed by atoms with Crippen LogP contribution in [0.15, 0.2) is 6.20 Å². The van der Waals surface area contributed by atoms with Crippen LogP contribution >= 0.6 is 0 Å². The minimum Gasteiger partial charge on any atom is -0.355 e. The first kappa shape index (κ1) is 11.6. The molecule has 1 heterocycles. The van der Waals surface area contributed by atoms with Crippen molar-refractivity contribution in [3.8, 4) is 0 Å². The monoisotopic (exact) mass is 211 g/mol. The Hall–Kier alpha value is -1.43. The van der Waals surface area contributed by atoms with Crippen molar-refractivity contribution in [2.45, 2.75) is 26.4 Å². The van der Waals surface area contributed by atoms with Gasteiger partial charge in [0, 0.05) is 13.1 Å². The van der Waals surface area contributed by atoms with Gasteiger partial charge in [0.15, 0.2) is 0 Å². The third-order valence-electron chi connectivity index (χ3n) is 2.04. The zero-order valence-corrected chi connectivity index (χ0v) is 9.32. The number of amides is 1. The summed E-state index contributed by atoms with van der Waals surface area (Å²) in [6.07, 6.45) is 1.77. The zero-order valence-electron chi connectivity index (χ0n) is 9.32. The fraction of sp³-hybridized carbons (Fsp3) is 0.667. The molecule has 0 bridgehead atoms. The Labute approximate surface area is 89.0 Å². The first-order chi connectivity index (χ1) is 7.19. The second kappa shape index (κ2) is 5.45. The van der Waals surface area contributed by atoms with Gasteiger partial charge < -0.3 is 10.6 Å². The molecule has 6 nitrogen and oxygen atoms in total. The Bertz CT molecular complexity index is 322. The molecule has 0 aliphatic rings. The first-order valence-corrected chi connectivity index (χ1v) is 5.02. The van der Waals surface area contributed by atoms with E-state index < -0.39 is 0 Å². The van der Waals surface area contributed by atoms with Crippen LogP contribution < -0.4 is 10.6 Å². The highest BCUT2D eigenvalue weighted by Crippen LogP contribution is 2.04. The lowest BCUT2D eigenvalue weighted by Crippen LogP contribution is -2.31. The quantitative estimate of drug-likeness (QED) is 0.701. The lowest BCUT2D eigenvalue weighted by molar-refractivity contribution is -0.124. The number of likely N-dealkylation sites (N-methyl/N-ethyl adjacent to an activating group) is 1. The molecule has 6 heteroatoms. The second-order valence-corrected chi connectivity index (χ2v) is 3.29. The molecule has 1 atom stereocenters. The summed E-state index contributed by atoms with van der Waals surface area (Å²) in [6, 6.07) is -0.317. The highest BCUT2D eigenvalue weighted by Gasteiger charge is 2.15. The van der Waals surface area contributed by atoms with Crippen LogP contribution in [0, 0.1) is 0 Å². The Balaban J connectivity index is 2.64. The SMILES string of the molecule is CCNC(=O)C(C)n1cc(CNC)nn1. The molecule has 0 aliphatic carbocycles. The van der Waals surface area contributed by atoms with Gasteiger partial charge in [-0.1, -0.05) is 5.21 Å². The van der Waals surface area contributed by atoms with Crippen LogP contribution in [0.25, 0.3) is 0 Å². The van der Waals surface area contributed by atoms with Crippen molar-refractivity contribution in [3.63, 3.8) is 0 Å². The molecule has 0 radical (unpaired) electrons. The third kappa shape index (κ3) is 3.02. The Kier molecular flexibility index (Phi) is 4.23. The topological polar surface area (TPSA) is 71.8 Å². The van der Waals surface area contributed by atoms with Gasteiger partial charge in [-0.2, -0.15) is 0 Å². The van der Waals surface area contributed by atoms with Crippen molar-refractivity contribution < 1.29 is 4.79 Å². The van der Waals surface area contributed by atoms with E-state index in [0.717, 1.165) is 5.69 Å². The van der Waals surface area contributed by atoms with E-state index in [1.807, 2.05) is 14.0 Å². The Morgan fingerprint density at radius 3 is 3.00 bits per heavy atom. The lowest BCUT2D eigenvalue weighted by Gasteiger charge is -2.09. The number of hydrogen-bond acceptors (Lipinski definition) is 4. The average Bonchev–Trinajstić information content (AvgIpc) is 2.66. The molecule has 1 aromatic rings. The summed E-state index contributed by atoms with van der Waals surface area (Å²) in [4.78, 5) is 11.5. The molecule has 15 heavy (non-hydrogen) atoms. The maximum Gasteiger partial charge on any atom is 0.244 e. The van der Waals surface area contributed by atoms with Crippen LogP contribution in [0.2, 0.25) is 0 Å². The average molecular weight is 211 g/mol. The van der Waals surface area contributed by atoms with Crippen LogP contribution in [0.1, 0.15) is 25.6 Å². The molecule has 1 unspecified atom stereocenters. The van der Waals surface area contributed by atoms with Gasteiger partial charge in [0.25, 0.3) is 0 Å². The fourth-order valence-corrected chi connectivity index (χ4v) is 1.21. The number of nitrogens with zero attached hydrogens (tertiary/aromatic N) is 3. The predicted octanol–water partition coefficient (Wildman–Crippen LogP) is -0.305. The highest BCUT2D eigenvalue weighted by molar-refractivity contribution is 5.79. The van der Waals surface area contributed by atoms with Crippen LogP contribution in [0.3, 0.4) is 0 Å². The van der Waals surface area contributed by atoms with E-state index >= 15 is 0 Å². The van der Waals surface area contributed by atoms with Crippen molar-refractivity contribution in [2.24, 2.45) is 0 Å². The summed E-state index contributed by atoms with van der Waals surface area (Å²) in [7, 11) is 1.84. The maximum atomic E-state index is 11.5.